The molecule has 0 radical (unpaired) electrons. The van der Waals surface area contributed by atoms with Crippen molar-refractivity contribution in [1.29, 1.82) is 0 Å². The van der Waals surface area contributed by atoms with E-state index < -0.39 is 0 Å². The van der Waals surface area contributed by atoms with Crippen molar-refractivity contribution in [2.24, 2.45) is 0 Å². The minimum absolute atomic E-state index is 0.118. The van der Waals surface area contributed by atoms with E-state index in [1.54, 1.807) is 18.2 Å². The molecule has 0 amide bonds. The van der Waals surface area contributed by atoms with Gasteiger partial charge in [0, 0.05) is 12.1 Å². The third-order valence-electron chi connectivity index (χ3n) is 3.18. The van der Waals surface area contributed by atoms with Crippen molar-refractivity contribution < 1.29 is 29.9 Å². The Kier molecular flexibility index (Phi) is 4.03. The second-order valence-electron chi connectivity index (χ2n) is 4.98. The topological polar surface area (TPSA) is 99.4 Å². The molecule has 0 spiro atoms. The van der Waals surface area contributed by atoms with Gasteiger partial charge in [-0.2, -0.15) is 0 Å². The molecular weight excluding hydrogens is 312 g/mol. The van der Waals surface area contributed by atoms with E-state index in [0.29, 0.717) is 17.2 Å². The lowest BCUT2D eigenvalue weighted by Crippen LogP contribution is -1.87. The highest BCUT2D eigenvalue weighted by Gasteiger charge is 2.08. The summed E-state index contributed by atoms with van der Waals surface area (Å²) in [6.07, 6.45) is 0. The number of ether oxygens (including phenoxy) is 2. The lowest BCUT2D eigenvalue weighted by molar-refractivity contribution is 0.394. The van der Waals surface area contributed by atoms with Crippen LogP contribution in [0.5, 0.6) is 46.0 Å². The summed E-state index contributed by atoms with van der Waals surface area (Å²) in [6.45, 7) is 0. The van der Waals surface area contributed by atoms with Crippen molar-refractivity contribution in [1.82, 2.24) is 0 Å². The highest BCUT2D eigenvalue weighted by atomic mass is 16.5. The Morgan fingerprint density at radius 1 is 0.500 bits per heavy atom. The molecule has 0 heterocycles. The van der Waals surface area contributed by atoms with Gasteiger partial charge in [0.2, 0.25) is 0 Å². The van der Waals surface area contributed by atoms with Crippen LogP contribution in [0.3, 0.4) is 0 Å². The van der Waals surface area contributed by atoms with E-state index in [1.807, 2.05) is 0 Å². The number of benzene rings is 3. The largest absolute Gasteiger partial charge is 0.508 e. The predicted octanol–water partition coefficient (Wildman–Crippen LogP) is 4.09. The monoisotopic (exact) mass is 326 g/mol. The number of hydrogen-bond acceptors (Lipinski definition) is 6. The molecular formula is C18H14O6. The summed E-state index contributed by atoms with van der Waals surface area (Å²) in [4.78, 5) is 0. The molecule has 4 N–H and O–H groups in total. The summed E-state index contributed by atoms with van der Waals surface area (Å²) >= 11 is 0. The van der Waals surface area contributed by atoms with Gasteiger partial charge in [-0.25, -0.2) is 0 Å². The number of rotatable bonds is 4. The van der Waals surface area contributed by atoms with Crippen LogP contribution in [-0.2, 0) is 0 Å². The zero-order valence-corrected chi connectivity index (χ0v) is 12.4. The van der Waals surface area contributed by atoms with Crippen LogP contribution in [0.15, 0.2) is 60.7 Å². The van der Waals surface area contributed by atoms with E-state index in [2.05, 4.69) is 0 Å². The van der Waals surface area contributed by atoms with Gasteiger partial charge < -0.3 is 29.9 Å². The van der Waals surface area contributed by atoms with Gasteiger partial charge in [-0.3, -0.25) is 0 Å². The first-order valence-corrected chi connectivity index (χ1v) is 7.01. The molecule has 0 saturated carbocycles. The molecule has 0 aliphatic carbocycles. The van der Waals surface area contributed by atoms with Crippen LogP contribution in [0.2, 0.25) is 0 Å². The van der Waals surface area contributed by atoms with Gasteiger partial charge in [0.15, 0.2) is 23.0 Å². The Labute approximate surface area is 137 Å². The number of phenols is 4. The Morgan fingerprint density at radius 3 is 1.71 bits per heavy atom. The fourth-order valence-corrected chi connectivity index (χ4v) is 1.99. The molecule has 6 nitrogen and oxygen atoms in total. The first-order chi connectivity index (χ1) is 11.5. The normalized spacial score (nSPS) is 10.3. The van der Waals surface area contributed by atoms with Crippen LogP contribution in [0.4, 0.5) is 0 Å². The number of phenolic OH excluding ortho intramolecular Hbond substituents is 4. The fraction of sp³-hybridized carbons (Fsp3) is 0. The third kappa shape index (κ3) is 3.44. The molecule has 24 heavy (non-hydrogen) atoms. The van der Waals surface area contributed by atoms with E-state index in [0.717, 1.165) is 0 Å². The maximum absolute atomic E-state index is 10.0. The van der Waals surface area contributed by atoms with E-state index in [9.17, 15) is 20.4 Å². The predicted molar refractivity (Wildman–Crippen MR) is 86.1 cm³/mol. The molecule has 0 unspecified atom stereocenters. The fourth-order valence-electron chi connectivity index (χ4n) is 1.99. The molecule has 0 aliphatic heterocycles. The SMILES string of the molecule is Oc1ccc(Oc2ccc(Oc3ccc(O)c(O)c3)cc2O)cc1. The van der Waals surface area contributed by atoms with Crippen LogP contribution in [-0.4, -0.2) is 20.4 Å². The van der Waals surface area contributed by atoms with Gasteiger partial charge >= 0.3 is 0 Å². The summed E-state index contributed by atoms with van der Waals surface area (Å²) in [5, 5.41) is 38.0. The molecule has 0 saturated heterocycles. The highest BCUT2D eigenvalue weighted by Crippen LogP contribution is 2.37. The average molecular weight is 326 g/mol. The number of aromatic hydroxyl groups is 4. The van der Waals surface area contributed by atoms with Gasteiger partial charge in [0.05, 0.1) is 0 Å². The van der Waals surface area contributed by atoms with Gasteiger partial charge in [0.25, 0.3) is 0 Å². The molecule has 3 aromatic rings. The summed E-state index contributed by atoms with van der Waals surface area (Å²) < 4.78 is 11.0. The first kappa shape index (κ1) is 15.4. The molecule has 0 aliphatic rings. The molecule has 0 atom stereocenters. The molecule has 6 heteroatoms. The van der Waals surface area contributed by atoms with E-state index in [1.165, 1.54) is 42.5 Å². The lowest BCUT2D eigenvalue weighted by atomic mass is 10.2. The zero-order chi connectivity index (χ0) is 17.1. The highest BCUT2D eigenvalue weighted by molar-refractivity contribution is 5.49. The van der Waals surface area contributed by atoms with Gasteiger partial charge in [-0.1, -0.05) is 0 Å². The van der Waals surface area contributed by atoms with Gasteiger partial charge in [0.1, 0.15) is 23.0 Å². The van der Waals surface area contributed by atoms with Crippen LogP contribution in [0, 0.1) is 0 Å². The second kappa shape index (κ2) is 6.29. The summed E-state index contributed by atoms with van der Waals surface area (Å²) in [6, 6.07) is 14.6. The standard InChI is InChI=1S/C18H14O6/c19-11-1-3-12(4-2-11)24-18-8-6-14(10-17(18)22)23-13-5-7-15(20)16(21)9-13/h1-10,19-22H. The maximum Gasteiger partial charge on any atom is 0.169 e. The molecule has 0 fully saturated rings. The Balaban J connectivity index is 1.76. The van der Waals surface area contributed by atoms with E-state index in [4.69, 9.17) is 9.47 Å². The summed E-state index contributed by atoms with van der Waals surface area (Å²) in [5.74, 6) is 0.747. The van der Waals surface area contributed by atoms with Crippen LogP contribution < -0.4 is 9.47 Å². The lowest BCUT2D eigenvalue weighted by Gasteiger charge is -2.10. The van der Waals surface area contributed by atoms with Crippen LogP contribution in [0.25, 0.3) is 0 Å². The molecule has 0 aromatic heterocycles. The van der Waals surface area contributed by atoms with Crippen molar-refractivity contribution in [2.75, 3.05) is 0 Å². The van der Waals surface area contributed by atoms with Crippen LogP contribution in [0.1, 0.15) is 0 Å². The van der Waals surface area contributed by atoms with Crippen molar-refractivity contribution in [3.05, 3.63) is 60.7 Å². The van der Waals surface area contributed by atoms with Crippen molar-refractivity contribution in [2.45, 2.75) is 0 Å². The van der Waals surface area contributed by atoms with E-state index >= 15 is 0 Å². The molecule has 122 valence electrons. The zero-order valence-electron chi connectivity index (χ0n) is 12.4. The summed E-state index contributed by atoms with van der Waals surface area (Å²) in [5.41, 5.74) is 0. The molecule has 3 rings (SSSR count). The smallest absolute Gasteiger partial charge is 0.169 e. The van der Waals surface area contributed by atoms with Crippen LogP contribution >= 0.6 is 0 Å². The average Bonchev–Trinajstić information content (AvgIpc) is 2.55. The maximum atomic E-state index is 10.0. The Bertz CT molecular complexity index is 858. The van der Waals surface area contributed by atoms with Crippen molar-refractivity contribution in [3.63, 3.8) is 0 Å². The Morgan fingerprint density at radius 2 is 1.08 bits per heavy atom. The van der Waals surface area contributed by atoms with E-state index in [-0.39, 0.29) is 28.7 Å². The van der Waals surface area contributed by atoms with Gasteiger partial charge in [-0.05, 0) is 48.5 Å². The van der Waals surface area contributed by atoms with Crippen molar-refractivity contribution >= 4 is 0 Å². The minimum Gasteiger partial charge on any atom is -0.508 e. The Hall–Kier alpha value is -3.54. The quantitative estimate of drug-likeness (QED) is 0.539. The third-order valence-corrected chi connectivity index (χ3v) is 3.18. The second-order valence-corrected chi connectivity index (χ2v) is 4.98. The summed E-state index contributed by atoms with van der Waals surface area (Å²) in [7, 11) is 0. The first-order valence-electron chi connectivity index (χ1n) is 7.01. The molecule has 0 bridgehead atoms. The van der Waals surface area contributed by atoms with Crippen molar-refractivity contribution in [3.8, 4) is 46.0 Å². The molecule has 3 aromatic carbocycles. The van der Waals surface area contributed by atoms with Gasteiger partial charge in [-0.15, -0.1) is 0 Å². The number of hydrogen-bond donors (Lipinski definition) is 4. The minimum atomic E-state index is -0.302.